The molecule has 2 rings (SSSR count). The number of nitrogens with zero attached hydrogens (tertiary/aromatic N) is 2. The van der Waals surface area contributed by atoms with Crippen LogP contribution in [-0.2, 0) is 12.0 Å². The number of anilines is 1. The van der Waals surface area contributed by atoms with E-state index in [0.717, 1.165) is 40.2 Å². The van der Waals surface area contributed by atoms with Crippen LogP contribution in [0.15, 0.2) is 28.7 Å². The SMILES string of the molecule is CCCc1nc(-c2ccc(Br)cc2)c(N)n1C(C)(C)C. The van der Waals surface area contributed by atoms with Gasteiger partial charge in [0, 0.05) is 22.0 Å². The summed E-state index contributed by atoms with van der Waals surface area (Å²) in [6.07, 6.45) is 2.00. The lowest BCUT2D eigenvalue weighted by atomic mass is 10.1. The molecule has 108 valence electrons. The molecule has 0 saturated carbocycles. The van der Waals surface area contributed by atoms with Crippen molar-refractivity contribution in [1.29, 1.82) is 0 Å². The summed E-state index contributed by atoms with van der Waals surface area (Å²) >= 11 is 3.46. The topological polar surface area (TPSA) is 43.8 Å². The minimum absolute atomic E-state index is 0.0603. The Labute approximate surface area is 129 Å². The number of hydrogen-bond acceptors (Lipinski definition) is 2. The predicted octanol–water partition coefficient (Wildman–Crippen LogP) is 4.60. The maximum Gasteiger partial charge on any atom is 0.132 e. The van der Waals surface area contributed by atoms with Gasteiger partial charge in [-0.1, -0.05) is 35.0 Å². The Morgan fingerprint density at radius 1 is 1.20 bits per heavy atom. The first kappa shape index (κ1) is 15.1. The molecule has 1 heterocycles. The summed E-state index contributed by atoms with van der Waals surface area (Å²) in [5.74, 6) is 1.82. The van der Waals surface area contributed by atoms with Gasteiger partial charge in [0.1, 0.15) is 17.3 Å². The highest BCUT2D eigenvalue weighted by atomic mass is 79.9. The van der Waals surface area contributed by atoms with Crippen LogP contribution in [0.5, 0.6) is 0 Å². The number of benzene rings is 1. The summed E-state index contributed by atoms with van der Waals surface area (Å²) in [5, 5.41) is 0. The van der Waals surface area contributed by atoms with E-state index in [1.807, 2.05) is 24.3 Å². The Morgan fingerprint density at radius 2 is 1.80 bits per heavy atom. The van der Waals surface area contributed by atoms with E-state index >= 15 is 0 Å². The summed E-state index contributed by atoms with van der Waals surface area (Å²) in [7, 11) is 0. The number of hydrogen-bond donors (Lipinski definition) is 1. The van der Waals surface area contributed by atoms with Gasteiger partial charge in [-0.15, -0.1) is 0 Å². The quantitative estimate of drug-likeness (QED) is 0.890. The number of aryl methyl sites for hydroxylation is 1. The summed E-state index contributed by atoms with van der Waals surface area (Å²) < 4.78 is 3.22. The van der Waals surface area contributed by atoms with Crippen LogP contribution < -0.4 is 5.73 Å². The zero-order valence-electron chi connectivity index (χ0n) is 12.6. The molecule has 4 heteroatoms. The summed E-state index contributed by atoms with van der Waals surface area (Å²) in [5.41, 5.74) is 8.27. The molecule has 0 unspecified atom stereocenters. The van der Waals surface area contributed by atoms with Crippen molar-refractivity contribution in [2.45, 2.75) is 46.1 Å². The highest BCUT2D eigenvalue weighted by Gasteiger charge is 2.23. The van der Waals surface area contributed by atoms with E-state index in [4.69, 9.17) is 10.7 Å². The van der Waals surface area contributed by atoms with E-state index in [0.29, 0.717) is 0 Å². The third kappa shape index (κ3) is 2.90. The molecule has 2 N–H and O–H groups in total. The van der Waals surface area contributed by atoms with Crippen LogP contribution in [0.4, 0.5) is 5.82 Å². The Bertz CT molecular complexity index is 591. The fourth-order valence-electron chi connectivity index (χ4n) is 2.44. The van der Waals surface area contributed by atoms with Gasteiger partial charge in [-0.3, -0.25) is 0 Å². The van der Waals surface area contributed by atoms with Crippen LogP contribution in [0.2, 0.25) is 0 Å². The van der Waals surface area contributed by atoms with Crippen molar-refractivity contribution in [3.8, 4) is 11.3 Å². The first-order valence-electron chi connectivity index (χ1n) is 6.98. The van der Waals surface area contributed by atoms with E-state index in [1.54, 1.807) is 0 Å². The molecule has 0 amide bonds. The molecule has 3 nitrogen and oxygen atoms in total. The van der Waals surface area contributed by atoms with Gasteiger partial charge in [0.2, 0.25) is 0 Å². The number of imidazole rings is 1. The highest BCUT2D eigenvalue weighted by molar-refractivity contribution is 9.10. The van der Waals surface area contributed by atoms with Crippen LogP contribution in [-0.4, -0.2) is 9.55 Å². The average Bonchev–Trinajstić information content (AvgIpc) is 2.67. The lowest BCUT2D eigenvalue weighted by molar-refractivity contribution is 0.387. The molecule has 0 bridgehead atoms. The smallest absolute Gasteiger partial charge is 0.132 e. The van der Waals surface area contributed by atoms with Gasteiger partial charge in [-0.25, -0.2) is 4.98 Å². The molecule has 0 aliphatic carbocycles. The van der Waals surface area contributed by atoms with Crippen molar-refractivity contribution < 1.29 is 0 Å². The van der Waals surface area contributed by atoms with Gasteiger partial charge in [0.25, 0.3) is 0 Å². The maximum atomic E-state index is 6.38. The summed E-state index contributed by atoms with van der Waals surface area (Å²) in [4.78, 5) is 4.79. The molecule has 0 aliphatic rings. The number of rotatable bonds is 3. The van der Waals surface area contributed by atoms with Crippen molar-refractivity contribution >= 4 is 21.7 Å². The maximum absolute atomic E-state index is 6.38. The van der Waals surface area contributed by atoms with E-state index in [9.17, 15) is 0 Å². The van der Waals surface area contributed by atoms with Crippen molar-refractivity contribution in [3.05, 3.63) is 34.6 Å². The second-order valence-corrected chi connectivity index (χ2v) is 6.94. The van der Waals surface area contributed by atoms with Gasteiger partial charge >= 0.3 is 0 Å². The number of halogens is 1. The molecule has 20 heavy (non-hydrogen) atoms. The molecular weight excluding hydrogens is 314 g/mol. The molecule has 0 fully saturated rings. The molecule has 2 aromatic rings. The average molecular weight is 336 g/mol. The van der Waals surface area contributed by atoms with Gasteiger partial charge in [0.05, 0.1) is 0 Å². The lowest BCUT2D eigenvalue weighted by Gasteiger charge is -2.25. The fraction of sp³-hybridized carbons (Fsp3) is 0.438. The predicted molar refractivity (Wildman–Crippen MR) is 88.8 cm³/mol. The largest absolute Gasteiger partial charge is 0.383 e. The van der Waals surface area contributed by atoms with Crippen LogP contribution in [0.1, 0.15) is 39.9 Å². The van der Waals surface area contributed by atoms with E-state index in [1.165, 1.54) is 0 Å². The third-order valence-corrected chi connectivity index (χ3v) is 3.77. The first-order valence-corrected chi connectivity index (χ1v) is 7.77. The van der Waals surface area contributed by atoms with E-state index < -0.39 is 0 Å². The first-order chi connectivity index (χ1) is 9.34. The second-order valence-electron chi connectivity index (χ2n) is 6.03. The zero-order valence-corrected chi connectivity index (χ0v) is 14.2. The van der Waals surface area contributed by atoms with Gasteiger partial charge in [-0.2, -0.15) is 0 Å². The Kier molecular flexibility index (Phi) is 4.23. The zero-order chi connectivity index (χ0) is 14.9. The van der Waals surface area contributed by atoms with Crippen molar-refractivity contribution in [1.82, 2.24) is 9.55 Å². The summed E-state index contributed by atoms with van der Waals surface area (Å²) in [6.45, 7) is 8.65. The second kappa shape index (κ2) is 5.60. The Balaban J connectivity index is 2.58. The lowest BCUT2D eigenvalue weighted by Crippen LogP contribution is -2.25. The Morgan fingerprint density at radius 3 is 2.30 bits per heavy atom. The molecule has 0 aliphatic heterocycles. The molecule has 0 spiro atoms. The van der Waals surface area contributed by atoms with E-state index in [2.05, 4.69) is 48.2 Å². The van der Waals surface area contributed by atoms with Gasteiger partial charge < -0.3 is 10.3 Å². The van der Waals surface area contributed by atoms with Crippen molar-refractivity contribution in [2.24, 2.45) is 0 Å². The minimum Gasteiger partial charge on any atom is -0.383 e. The molecule has 0 saturated heterocycles. The molecule has 0 radical (unpaired) electrons. The fourth-order valence-corrected chi connectivity index (χ4v) is 2.71. The Hall–Kier alpha value is -1.29. The normalized spacial score (nSPS) is 11.8. The number of aromatic nitrogens is 2. The van der Waals surface area contributed by atoms with Crippen molar-refractivity contribution in [3.63, 3.8) is 0 Å². The van der Waals surface area contributed by atoms with Crippen LogP contribution >= 0.6 is 15.9 Å². The number of nitrogens with two attached hydrogens (primary N) is 1. The molecule has 1 aromatic heterocycles. The van der Waals surface area contributed by atoms with Crippen molar-refractivity contribution in [2.75, 3.05) is 5.73 Å². The monoisotopic (exact) mass is 335 g/mol. The minimum atomic E-state index is -0.0603. The van der Waals surface area contributed by atoms with Gasteiger partial charge in [-0.05, 0) is 39.3 Å². The summed E-state index contributed by atoms with van der Waals surface area (Å²) in [6, 6.07) is 8.13. The third-order valence-electron chi connectivity index (χ3n) is 3.24. The highest BCUT2D eigenvalue weighted by Crippen LogP contribution is 2.32. The van der Waals surface area contributed by atoms with Crippen LogP contribution in [0.3, 0.4) is 0 Å². The van der Waals surface area contributed by atoms with Gasteiger partial charge in [0.15, 0.2) is 0 Å². The van der Waals surface area contributed by atoms with E-state index in [-0.39, 0.29) is 5.54 Å². The molecule has 0 atom stereocenters. The number of nitrogen functional groups attached to an aromatic ring is 1. The molecular formula is C16H22BrN3. The van der Waals surface area contributed by atoms with Crippen LogP contribution in [0.25, 0.3) is 11.3 Å². The molecule has 1 aromatic carbocycles. The standard InChI is InChI=1S/C16H22BrN3/c1-5-6-13-19-14(11-7-9-12(17)10-8-11)15(18)20(13)16(2,3)4/h7-10H,5-6,18H2,1-4H3. The van der Waals surface area contributed by atoms with Crippen LogP contribution in [0, 0.1) is 0 Å².